The van der Waals surface area contributed by atoms with Crippen LogP contribution in [0.5, 0.6) is 0 Å². The van der Waals surface area contributed by atoms with Crippen LogP contribution in [0.3, 0.4) is 0 Å². The van der Waals surface area contributed by atoms with Gasteiger partial charge in [0.05, 0.1) is 0 Å². The second kappa shape index (κ2) is 9.93. The lowest BCUT2D eigenvalue weighted by Crippen LogP contribution is -2.32. The molecule has 2 aromatic rings. The molecule has 3 N–H and O–H groups in total. The Morgan fingerprint density at radius 1 is 0.821 bits per heavy atom. The highest BCUT2D eigenvalue weighted by molar-refractivity contribution is 5.97. The van der Waals surface area contributed by atoms with Crippen molar-refractivity contribution in [1.29, 1.82) is 0 Å². The molecule has 0 heterocycles. The van der Waals surface area contributed by atoms with Gasteiger partial charge in [-0.2, -0.15) is 0 Å². The Morgan fingerprint density at radius 2 is 1.43 bits per heavy atom. The van der Waals surface area contributed by atoms with Crippen LogP contribution in [0, 0.1) is 5.92 Å². The third-order valence-electron chi connectivity index (χ3n) is 4.38. The van der Waals surface area contributed by atoms with E-state index < -0.39 is 6.04 Å². The Bertz CT molecular complexity index is 798. The number of para-hydroxylation sites is 1. The number of amides is 2. The van der Waals surface area contributed by atoms with Crippen LogP contribution in [0.1, 0.15) is 52.5 Å². The topological polar surface area (TPSA) is 70.2 Å². The maximum atomic E-state index is 12.6. The van der Waals surface area contributed by atoms with E-state index in [4.69, 9.17) is 0 Å². The molecule has 150 valence electrons. The Balaban J connectivity index is 1.94. The van der Waals surface area contributed by atoms with Crippen molar-refractivity contribution >= 4 is 28.9 Å². The number of hydrogen-bond donors (Lipinski definition) is 3. The van der Waals surface area contributed by atoms with Gasteiger partial charge in [0.25, 0.3) is 0 Å². The second-order valence-corrected chi connectivity index (χ2v) is 7.82. The van der Waals surface area contributed by atoms with Gasteiger partial charge in [0.2, 0.25) is 11.8 Å². The van der Waals surface area contributed by atoms with Gasteiger partial charge >= 0.3 is 0 Å². The van der Waals surface area contributed by atoms with Gasteiger partial charge in [-0.15, -0.1) is 0 Å². The lowest BCUT2D eigenvalue weighted by Gasteiger charge is -2.18. The van der Waals surface area contributed by atoms with E-state index in [0.29, 0.717) is 18.3 Å². The van der Waals surface area contributed by atoms with E-state index in [1.807, 2.05) is 69.3 Å². The summed E-state index contributed by atoms with van der Waals surface area (Å²) in [5.74, 6) is 0.564. The fraction of sp³-hybridized carbons (Fsp3) is 0.391. The Kier molecular flexibility index (Phi) is 7.61. The van der Waals surface area contributed by atoms with Crippen LogP contribution in [-0.4, -0.2) is 17.9 Å². The van der Waals surface area contributed by atoms with E-state index in [1.54, 1.807) is 0 Å². The molecule has 2 rings (SSSR count). The Hall–Kier alpha value is -2.82. The largest absolute Gasteiger partial charge is 0.374 e. The predicted molar refractivity (Wildman–Crippen MR) is 117 cm³/mol. The maximum Gasteiger partial charge on any atom is 0.246 e. The zero-order chi connectivity index (χ0) is 20.7. The summed E-state index contributed by atoms with van der Waals surface area (Å²) >= 11 is 0. The van der Waals surface area contributed by atoms with Crippen molar-refractivity contribution in [3.8, 4) is 0 Å². The predicted octanol–water partition coefficient (Wildman–Crippen LogP) is 5.23. The molecule has 0 bridgehead atoms. The first-order valence-corrected chi connectivity index (χ1v) is 9.82. The highest BCUT2D eigenvalue weighted by Crippen LogP contribution is 2.24. The number of rotatable bonds is 8. The minimum Gasteiger partial charge on any atom is -0.374 e. The summed E-state index contributed by atoms with van der Waals surface area (Å²) in [6.07, 6.45) is 0.495. The van der Waals surface area contributed by atoms with Crippen LogP contribution >= 0.6 is 0 Å². The molecule has 0 aromatic heterocycles. The van der Waals surface area contributed by atoms with Gasteiger partial charge < -0.3 is 16.0 Å². The first-order chi connectivity index (χ1) is 13.3. The van der Waals surface area contributed by atoms with E-state index in [2.05, 4.69) is 29.8 Å². The second-order valence-electron chi connectivity index (χ2n) is 7.82. The number of nitrogens with one attached hydrogen (secondary N) is 3. The van der Waals surface area contributed by atoms with Gasteiger partial charge in [0, 0.05) is 23.5 Å². The summed E-state index contributed by atoms with van der Waals surface area (Å²) in [4.78, 5) is 24.4. The summed E-state index contributed by atoms with van der Waals surface area (Å²) < 4.78 is 0. The molecule has 0 aliphatic carbocycles. The minimum atomic E-state index is -0.401. The molecule has 5 nitrogen and oxygen atoms in total. The van der Waals surface area contributed by atoms with E-state index in [1.165, 1.54) is 0 Å². The first kappa shape index (κ1) is 21.5. The SMILES string of the molecule is CC(C)CC(=O)Nc1ccc(NC(C)C(=O)Nc2ccccc2C(C)C)cc1. The molecule has 0 aliphatic rings. The maximum absolute atomic E-state index is 12.6. The van der Waals surface area contributed by atoms with Crippen LogP contribution < -0.4 is 16.0 Å². The van der Waals surface area contributed by atoms with Crippen LogP contribution in [-0.2, 0) is 9.59 Å². The normalized spacial score (nSPS) is 12.0. The highest BCUT2D eigenvalue weighted by Gasteiger charge is 2.15. The number of benzene rings is 2. The number of carbonyl (C=O) groups is 2. The van der Waals surface area contributed by atoms with Crippen molar-refractivity contribution < 1.29 is 9.59 Å². The monoisotopic (exact) mass is 381 g/mol. The number of anilines is 3. The molecule has 0 fully saturated rings. The molecule has 2 aromatic carbocycles. The zero-order valence-electron chi connectivity index (χ0n) is 17.4. The van der Waals surface area contributed by atoms with Gasteiger partial charge in [0.1, 0.15) is 6.04 Å². The summed E-state index contributed by atoms with van der Waals surface area (Å²) in [6.45, 7) is 10.1. The number of hydrogen-bond acceptors (Lipinski definition) is 3. The van der Waals surface area contributed by atoms with Crippen molar-refractivity contribution in [3.05, 3.63) is 54.1 Å². The van der Waals surface area contributed by atoms with Gasteiger partial charge in [-0.3, -0.25) is 9.59 Å². The van der Waals surface area contributed by atoms with Gasteiger partial charge in [0.15, 0.2) is 0 Å². The molecular weight excluding hydrogens is 350 g/mol. The fourth-order valence-corrected chi connectivity index (χ4v) is 2.90. The zero-order valence-corrected chi connectivity index (χ0v) is 17.4. The molecule has 1 unspecified atom stereocenters. The van der Waals surface area contributed by atoms with Crippen LogP contribution in [0.15, 0.2) is 48.5 Å². The van der Waals surface area contributed by atoms with Gasteiger partial charge in [-0.05, 0) is 54.7 Å². The molecular formula is C23H31N3O2. The quantitative estimate of drug-likeness (QED) is 0.586. The minimum absolute atomic E-state index is 0.00673. The molecule has 0 aliphatic heterocycles. The fourth-order valence-electron chi connectivity index (χ4n) is 2.90. The molecule has 2 amide bonds. The number of carbonyl (C=O) groups excluding carboxylic acids is 2. The molecule has 28 heavy (non-hydrogen) atoms. The van der Waals surface area contributed by atoms with Crippen molar-refractivity contribution in [2.24, 2.45) is 5.92 Å². The third-order valence-corrected chi connectivity index (χ3v) is 4.38. The van der Waals surface area contributed by atoms with Gasteiger partial charge in [-0.1, -0.05) is 45.9 Å². The Morgan fingerprint density at radius 3 is 2.04 bits per heavy atom. The third kappa shape index (κ3) is 6.41. The van der Waals surface area contributed by atoms with E-state index in [0.717, 1.165) is 22.6 Å². The van der Waals surface area contributed by atoms with Crippen LogP contribution in [0.2, 0.25) is 0 Å². The molecule has 0 radical (unpaired) electrons. The van der Waals surface area contributed by atoms with Crippen molar-refractivity contribution in [2.45, 2.75) is 53.0 Å². The summed E-state index contributed by atoms with van der Waals surface area (Å²) in [6, 6.07) is 14.8. The van der Waals surface area contributed by atoms with E-state index in [9.17, 15) is 9.59 Å². The highest BCUT2D eigenvalue weighted by atomic mass is 16.2. The molecule has 0 saturated carbocycles. The van der Waals surface area contributed by atoms with Crippen LogP contribution in [0.4, 0.5) is 17.1 Å². The smallest absolute Gasteiger partial charge is 0.246 e. The first-order valence-electron chi connectivity index (χ1n) is 9.82. The van der Waals surface area contributed by atoms with Gasteiger partial charge in [-0.25, -0.2) is 0 Å². The van der Waals surface area contributed by atoms with Crippen molar-refractivity contribution in [3.63, 3.8) is 0 Å². The lowest BCUT2D eigenvalue weighted by atomic mass is 10.0. The summed E-state index contributed by atoms with van der Waals surface area (Å²) in [7, 11) is 0. The summed E-state index contributed by atoms with van der Waals surface area (Å²) in [5, 5.41) is 9.09. The molecule has 5 heteroatoms. The molecule has 1 atom stereocenters. The lowest BCUT2D eigenvalue weighted by molar-refractivity contribution is -0.117. The van der Waals surface area contributed by atoms with Crippen molar-refractivity contribution in [1.82, 2.24) is 0 Å². The van der Waals surface area contributed by atoms with Crippen molar-refractivity contribution in [2.75, 3.05) is 16.0 Å². The average molecular weight is 382 g/mol. The van der Waals surface area contributed by atoms with E-state index in [-0.39, 0.29) is 11.8 Å². The van der Waals surface area contributed by atoms with Crippen LogP contribution in [0.25, 0.3) is 0 Å². The molecule has 0 spiro atoms. The molecule has 0 saturated heterocycles. The van der Waals surface area contributed by atoms with E-state index >= 15 is 0 Å². The summed E-state index contributed by atoms with van der Waals surface area (Å²) in [5.41, 5.74) is 3.53. The average Bonchev–Trinajstić information content (AvgIpc) is 2.62. The standard InChI is InChI=1S/C23H31N3O2/c1-15(2)14-22(27)25-19-12-10-18(11-13-19)24-17(5)23(28)26-21-9-7-6-8-20(21)16(3)4/h6-13,15-17,24H,14H2,1-5H3,(H,25,27)(H,26,28). The Labute approximate surface area is 167 Å².